The Labute approximate surface area is 154 Å². The van der Waals surface area contributed by atoms with Crippen molar-refractivity contribution in [1.29, 1.82) is 0 Å². The number of cyclic esters (lactones) is 1. The minimum absolute atomic E-state index is 0.0503. The molecule has 1 saturated heterocycles. The number of nitrogens with one attached hydrogen (secondary N) is 1. The molecule has 0 saturated carbocycles. The van der Waals surface area contributed by atoms with Gasteiger partial charge in [0.25, 0.3) is 0 Å². The van der Waals surface area contributed by atoms with Gasteiger partial charge in [0.1, 0.15) is 11.4 Å². The topological polar surface area (TPSA) is 67.4 Å². The first-order valence-electron chi connectivity index (χ1n) is 8.96. The molecule has 2 atom stereocenters. The largest absolute Gasteiger partial charge is 0.441 e. The highest BCUT2D eigenvalue weighted by Gasteiger charge is 2.50. The average molecular weight is 354 g/mol. The summed E-state index contributed by atoms with van der Waals surface area (Å²) in [6, 6.07) is 11.8. The number of hydrogen-bond acceptors (Lipinski definition) is 5. The lowest BCUT2D eigenvalue weighted by atomic mass is 9.89. The number of anilines is 2. The van der Waals surface area contributed by atoms with E-state index in [9.17, 15) is 4.79 Å². The maximum atomic E-state index is 12.5. The van der Waals surface area contributed by atoms with Crippen molar-refractivity contribution >= 4 is 17.9 Å². The predicted octanol–water partition coefficient (Wildman–Crippen LogP) is 4.41. The monoisotopic (exact) mass is 354 g/mol. The Bertz CT molecular complexity index is 776. The van der Waals surface area contributed by atoms with Gasteiger partial charge >= 0.3 is 6.09 Å². The van der Waals surface area contributed by atoms with E-state index < -0.39 is 5.60 Å². The van der Waals surface area contributed by atoms with Crippen LogP contribution in [0.15, 0.2) is 42.6 Å². The first kappa shape index (κ1) is 18.2. The Morgan fingerprint density at radius 3 is 2.50 bits per heavy atom. The zero-order valence-corrected chi connectivity index (χ0v) is 15.9. The van der Waals surface area contributed by atoms with Crippen LogP contribution in [0.25, 0.3) is 0 Å². The Hall–Kier alpha value is -2.63. The van der Waals surface area contributed by atoms with Gasteiger partial charge in [0.2, 0.25) is 5.95 Å². The summed E-state index contributed by atoms with van der Waals surface area (Å²) >= 11 is 0. The van der Waals surface area contributed by atoms with Crippen LogP contribution in [0.1, 0.15) is 46.2 Å². The third kappa shape index (κ3) is 3.49. The van der Waals surface area contributed by atoms with Gasteiger partial charge in [0.15, 0.2) is 0 Å². The predicted molar refractivity (Wildman–Crippen MR) is 102 cm³/mol. The van der Waals surface area contributed by atoms with E-state index in [4.69, 9.17) is 4.74 Å². The van der Waals surface area contributed by atoms with Crippen molar-refractivity contribution in [2.75, 3.05) is 10.2 Å². The summed E-state index contributed by atoms with van der Waals surface area (Å²) in [5.74, 6) is 1.27. The van der Waals surface area contributed by atoms with Crippen LogP contribution in [0.2, 0.25) is 0 Å². The molecule has 6 nitrogen and oxygen atoms in total. The summed E-state index contributed by atoms with van der Waals surface area (Å²) in [4.78, 5) is 23.0. The number of benzene rings is 1. The molecule has 1 aliphatic heterocycles. The van der Waals surface area contributed by atoms with Crippen LogP contribution in [0, 0.1) is 5.92 Å². The van der Waals surface area contributed by atoms with E-state index in [1.807, 2.05) is 32.0 Å². The highest BCUT2D eigenvalue weighted by Crippen LogP contribution is 2.36. The van der Waals surface area contributed by atoms with Gasteiger partial charge in [-0.25, -0.2) is 9.78 Å². The number of ether oxygens (including phenoxy) is 1. The molecule has 1 aliphatic rings. The van der Waals surface area contributed by atoms with E-state index in [-0.39, 0.29) is 24.1 Å². The summed E-state index contributed by atoms with van der Waals surface area (Å²) in [6.07, 6.45) is 1.30. The highest BCUT2D eigenvalue weighted by molar-refractivity contribution is 5.90. The van der Waals surface area contributed by atoms with E-state index in [0.717, 1.165) is 5.56 Å². The maximum Gasteiger partial charge on any atom is 0.416 e. The third-order valence-electron chi connectivity index (χ3n) is 4.70. The van der Waals surface area contributed by atoms with Crippen LogP contribution >= 0.6 is 0 Å². The molecule has 138 valence electrons. The van der Waals surface area contributed by atoms with Crippen LogP contribution in [-0.4, -0.2) is 27.7 Å². The number of carbonyl (C=O) groups is 1. The quantitative estimate of drug-likeness (QED) is 0.861. The Morgan fingerprint density at radius 2 is 1.85 bits per heavy atom. The van der Waals surface area contributed by atoms with E-state index in [2.05, 4.69) is 48.2 Å². The van der Waals surface area contributed by atoms with Gasteiger partial charge in [-0.15, -0.1) is 0 Å². The molecule has 6 heteroatoms. The second-order valence-electron chi connectivity index (χ2n) is 7.55. The number of aromatic nitrogens is 2. The SMILES string of the molecule is CC(C)[C@@H]1N(c2ccnc(N[C@H](C)c3ccccc3)n2)C(=O)OC1(C)C. The van der Waals surface area contributed by atoms with Gasteiger partial charge < -0.3 is 10.1 Å². The van der Waals surface area contributed by atoms with Crippen molar-refractivity contribution in [3.8, 4) is 0 Å². The molecule has 1 fully saturated rings. The number of nitrogens with zero attached hydrogens (tertiary/aromatic N) is 3. The molecule has 0 bridgehead atoms. The van der Waals surface area contributed by atoms with Crippen molar-refractivity contribution in [2.45, 2.75) is 52.3 Å². The summed E-state index contributed by atoms with van der Waals surface area (Å²) < 4.78 is 5.59. The van der Waals surface area contributed by atoms with E-state index in [0.29, 0.717) is 11.8 Å². The summed E-state index contributed by atoms with van der Waals surface area (Å²) in [5, 5.41) is 3.30. The van der Waals surface area contributed by atoms with Crippen molar-refractivity contribution in [3.63, 3.8) is 0 Å². The van der Waals surface area contributed by atoms with Gasteiger partial charge in [-0.2, -0.15) is 4.98 Å². The molecule has 0 spiro atoms. The van der Waals surface area contributed by atoms with Crippen molar-refractivity contribution in [1.82, 2.24) is 9.97 Å². The molecule has 0 aliphatic carbocycles. The minimum Gasteiger partial charge on any atom is -0.441 e. The van der Waals surface area contributed by atoms with Gasteiger partial charge in [0.05, 0.1) is 12.1 Å². The molecule has 1 amide bonds. The normalized spacial score (nSPS) is 20.2. The molecule has 1 aromatic heterocycles. The highest BCUT2D eigenvalue weighted by atomic mass is 16.6. The molecule has 1 N–H and O–H groups in total. The van der Waals surface area contributed by atoms with Gasteiger partial charge in [0, 0.05) is 6.20 Å². The number of amides is 1. The smallest absolute Gasteiger partial charge is 0.416 e. The molecular weight excluding hydrogens is 328 g/mol. The van der Waals surface area contributed by atoms with Crippen molar-refractivity contribution in [3.05, 3.63) is 48.2 Å². The second-order valence-corrected chi connectivity index (χ2v) is 7.55. The van der Waals surface area contributed by atoms with E-state index in [1.165, 1.54) is 0 Å². The molecule has 0 radical (unpaired) electrons. The summed E-state index contributed by atoms with van der Waals surface area (Å²) in [6.45, 7) is 10.1. The fourth-order valence-corrected chi connectivity index (χ4v) is 3.67. The van der Waals surface area contributed by atoms with Crippen LogP contribution in [-0.2, 0) is 4.74 Å². The molecule has 1 aromatic carbocycles. The number of hydrogen-bond donors (Lipinski definition) is 1. The molecule has 0 unspecified atom stereocenters. The fourth-order valence-electron chi connectivity index (χ4n) is 3.67. The van der Waals surface area contributed by atoms with Crippen molar-refractivity contribution < 1.29 is 9.53 Å². The van der Waals surface area contributed by atoms with E-state index in [1.54, 1.807) is 17.2 Å². The second kappa shape index (κ2) is 6.94. The zero-order valence-electron chi connectivity index (χ0n) is 15.9. The van der Waals surface area contributed by atoms with Crippen LogP contribution in [0.4, 0.5) is 16.6 Å². The molecule has 3 rings (SSSR count). The van der Waals surface area contributed by atoms with Gasteiger partial charge in [-0.3, -0.25) is 4.90 Å². The fraction of sp³-hybridized carbons (Fsp3) is 0.450. The first-order chi connectivity index (χ1) is 12.3. The Morgan fingerprint density at radius 1 is 1.15 bits per heavy atom. The number of rotatable bonds is 5. The van der Waals surface area contributed by atoms with Gasteiger partial charge in [-0.05, 0) is 38.3 Å². The first-order valence-corrected chi connectivity index (χ1v) is 8.96. The number of carbonyl (C=O) groups excluding carboxylic acids is 1. The van der Waals surface area contributed by atoms with Crippen LogP contribution in [0.3, 0.4) is 0 Å². The summed E-state index contributed by atoms with van der Waals surface area (Å²) in [5.41, 5.74) is 0.574. The maximum absolute atomic E-state index is 12.5. The molecule has 2 aromatic rings. The third-order valence-corrected chi connectivity index (χ3v) is 4.70. The zero-order chi connectivity index (χ0) is 18.9. The molecular formula is C20H26N4O2. The molecule has 26 heavy (non-hydrogen) atoms. The minimum atomic E-state index is -0.568. The average Bonchev–Trinajstić information content (AvgIpc) is 2.84. The molecule has 2 heterocycles. The lowest BCUT2D eigenvalue weighted by molar-refractivity contribution is 0.0592. The van der Waals surface area contributed by atoms with E-state index >= 15 is 0 Å². The lowest BCUT2D eigenvalue weighted by Gasteiger charge is -2.31. The van der Waals surface area contributed by atoms with Crippen LogP contribution < -0.4 is 10.2 Å². The Kier molecular flexibility index (Phi) is 4.85. The van der Waals surface area contributed by atoms with Crippen LogP contribution in [0.5, 0.6) is 0 Å². The summed E-state index contributed by atoms with van der Waals surface area (Å²) in [7, 11) is 0. The standard InChI is InChI=1S/C20H26N4O2/c1-13(2)17-20(4,5)26-19(25)24(17)16-11-12-21-18(23-16)22-14(3)15-9-7-6-8-10-15/h6-14,17H,1-5H3,(H,21,22,23)/t14-,17+/m1/s1. The van der Waals surface area contributed by atoms with Gasteiger partial charge in [-0.1, -0.05) is 44.2 Å². The lowest BCUT2D eigenvalue weighted by Crippen LogP contribution is -2.45. The van der Waals surface area contributed by atoms with Crippen molar-refractivity contribution in [2.24, 2.45) is 5.92 Å². The Balaban J connectivity index is 1.86.